The van der Waals surface area contributed by atoms with Gasteiger partial charge in [0.15, 0.2) is 5.82 Å². The van der Waals surface area contributed by atoms with Crippen molar-refractivity contribution in [2.24, 2.45) is 0 Å². The van der Waals surface area contributed by atoms with Gasteiger partial charge in [0.25, 0.3) is 0 Å². The van der Waals surface area contributed by atoms with E-state index in [0.29, 0.717) is 6.61 Å². The summed E-state index contributed by atoms with van der Waals surface area (Å²) >= 11 is 0. The lowest BCUT2D eigenvalue weighted by Gasteiger charge is -2.16. The SMILES string of the molecule is CCNC(COC)Cc1nnnn1-c1ccccc1. The molecule has 1 aromatic heterocycles. The van der Waals surface area contributed by atoms with Crippen LogP contribution >= 0.6 is 0 Å². The molecular weight excluding hydrogens is 242 g/mol. The third kappa shape index (κ3) is 3.59. The number of aromatic nitrogens is 4. The number of benzene rings is 1. The lowest BCUT2D eigenvalue weighted by atomic mass is 10.2. The van der Waals surface area contributed by atoms with Crippen LogP contribution in [0.5, 0.6) is 0 Å². The Morgan fingerprint density at radius 2 is 2.11 bits per heavy atom. The Balaban J connectivity index is 2.15. The highest BCUT2D eigenvalue weighted by atomic mass is 16.5. The van der Waals surface area contributed by atoms with E-state index in [1.165, 1.54) is 0 Å². The van der Waals surface area contributed by atoms with Gasteiger partial charge in [-0.1, -0.05) is 25.1 Å². The molecule has 0 bridgehead atoms. The second-order valence-corrected chi connectivity index (χ2v) is 4.26. The zero-order valence-corrected chi connectivity index (χ0v) is 11.3. The predicted octanol–water partition coefficient (Wildman–Crippen LogP) is 0.829. The quantitative estimate of drug-likeness (QED) is 0.799. The monoisotopic (exact) mass is 261 g/mol. The van der Waals surface area contributed by atoms with Crippen LogP contribution in [0.15, 0.2) is 30.3 Å². The first kappa shape index (κ1) is 13.6. The highest BCUT2D eigenvalue weighted by Crippen LogP contribution is 2.08. The molecule has 0 fully saturated rings. The van der Waals surface area contributed by atoms with Crippen molar-refractivity contribution in [3.05, 3.63) is 36.2 Å². The molecule has 1 atom stereocenters. The lowest BCUT2D eigenvalue weighted by Crippen LogP contribution is -2.35. The number of hydrogen-bond donors (Lipinski definition) is 1. The largest absolute Gasteiger partial charge is 0.383 e. The fourth-order valence-electron chi connectivity index (χ4n) is 2.00. The lowest BCUT2D eigenvalue weighted by molar-refractivity contribution is 0.166. The molecular formula is C13H19N5O. The van der Waals surface area contributed by atoms with Gasteiger partial charge in [-0.3, -0.25) is 0 Å². The van der Waals surface area contributed by atoms with Crippen molar-refractivity contribution < 1.29 is 4.74 Å². The van der Waals surface area contributed by atoms with E-state index in [0.717, 1.165) is 24.5 Å². The highest BCUT2D eigenvalue weighted by Gasteiger charge is 2.14. The first-order chi connectivity index (χ1) is 9.35. The van der Waals surface area contributed by atoms with Crippen LogP contribution in [0.25, 0.3) is 5.69 Å². The van der Waals surface area contributed by atoms with E-state index >= 15 is 0 Å². The molecule has 102 valence electrons. The molecule has 0 aliphatic carbocycles. The fourth-order valence-corrected chi connectivity index (χ4v) is 2.00. The van der Waals surface area contributed by atoms with Crippen molar-refractivity contribution in [2.45, 2.75) is 19.4 Å². The van der Waals surface area contributed by atoms with Gasteiger partial charge in [-0.2, -0.15) is 4.68 Å². The summed E-state index contributed by atoms with van der Waals surface area (Å²) in [6.45, 7) is 3.60. The maximum Gasteiger partial charge on any atom is 0.158 e. The van der Waals surface area contributed by atoms with Gasteiger partial charge in [0, 0.05) is 19.6 Å². The summed E-state index contributed by atoms with van der Waals surface area (Å²) in [7, 11) is 1.70. The van der Waals surface area contributed by atoms with Crippen molar-refractivity contribution in [1.82, 2.24) is 25.5 Å². The Bertz CT molecular complexity index is 479. The van der Waals surface area contributed by atoms with Crippen molar-refractivity contribution in [3.8, 4) is 5.69 Å². The number of methoxy groups -OCH3 is 1. The number of hydrogen-bond acceptors (Lipinski definition) is 5. The van der Waals surface area contributed by atoms with Gasteiger partial charge in [0.2, 0.25) is 0 Å². The van der Waals surface area contributed by atoms with Crippen molar-refractivity contribution in [3.63, 3.8) is 0 Å². The maximum atomic E-state index is 5.21. The van der Waals surface area contributed by atoms with E-state index in [1.807, 2.05) is 30.3 Å². The summed E-state index contributed by atoms with van der Waals surface area (Å²) in [6.07, 6.45) is 0.726. The average molecular weight is 261 g/mol. The number of para-hydroxylation sites is 1. The fraction of sp³-hybridized carbons (Fsp3) is 0.462. The third-order valence-corrected chi connectivity index (χ3v) is 2.82. The Labute approximate surface area is 112 Å². The molecule has 2 rings (SSSR count). The number of rotatable bonds is 7. The van der Waals surface area contributed by atoms with Crippen molar-refractivity contribution in [2.75, 3.05) is 20.3 Å². The minimum atomic E-state index is 0.212. The van der Waals surface area contributed by atoms with Crippen LogP contribution in [0.4, 0.5) is 0 Å². The molecule has 1 heterocycles. The molecule has 1 unspecified atom stereocenters. The number of tetrazole rings is 1. The Morgan fingerprint density at radius 3 is 2.79 bits per heavy atom. The summed E-state index contributed by atoms with van der Waals surface area (Å²) in [5.41, 5.74) is 0.968. The molecule has 0 spiro atoms. The summed E-state index contributed by atoms with van der Waals surface area (Å²) < 4.78 is 6.97. The Kier molecular flexibility index (Phi) is 5.00. The number of nitrogens with one attached hydrogen (secondary N) is 1. The topological polar surface area (TPSA) is 64.9 Å². The molecule has 2 aromatic rings. The maximum absolute atomic E-state index is 5.21. The van der Waals surface area contributed by atoms with E-state index in [4.69, 9.17) is 4.74 Å². The standard InChI is InChI=1S/C13H19N5O/c1-3-14-11(10-19-2)9-13-15-16-17-18(13)12-7-5-4-6-8-12/h4-8,11,14H,3,9-10H2,1-2H3. The highest BCUT2D eigenvalue weighted by molar-refractivity contribution is 5.30. The van der Waals surface area contributed by atoms with E-state index < -0.39 is 0 Å². The van der Waals surface area contributed by atoms with Gasteiger partial charge in [0.05, 0.1) is 12.3 Å². The average Bonchev–Trinajstić information content (AvgIpc) is 2.88. The van der Waals surface area contributed by atoms with E-state index in [2.05, 4.69) is 27.8 Å². The normalized spacial score (nSPS) is 12.5. The zero-order chi connectivity index (χ0) is 13.5. The Hall–Kier alpha value is -1.79. The van der Waals surface area contributed by atoms with Crippen LogP contribution in [0.1, 0.15) is 12.7 Å². The molecule has 6 heteroatoms. The second kappa shape index (κ2) is 6.96. The van der Waals surface area contributed by atoms with Gasteiger partial charge in [-0.25, -0.2) is 0 Å². The summed E-state index contributed by atoms with van der Waals surface area (Å²) in [6, 6.07) is 10.1. The molecule has 0 saturated carbocycles. The van der Waals surface area contributed by atoms with Gasteiger partial charge < -0.3 is 10.1 Å². The molecule has 19 heavy (non-hydrogen) atoms. The third-order valence-electron chi connectivity index (χ3n) is 2.82. The summed E-state index contributed by atoms with van der Waals surface area (Å²) in [4.78, 5) is 0. The van der Waals surface area contributed by atoms with Crippen LogP contribution in [-0.4, -0.2) is 46.5 Å². The van der Waals surface area contributed by atoms with E-state index in [9.17, 15) is 0 Å². The van der Waals surface area contributed by atoms with Crippen LogP contribution in [0, 0.1) is 0 Å². The molecule has 1 aromatic carbocycles. The van der Waals surface area contributed by atoms with Gasteiger partial charge >= 0.3 is 0 Å². The van der Waals surface area contributed by atoms with E-state index in [1.54, 1.807) is 11.8 Å². The number of nitrogens with zero attached hydrogens (tertiary/aromatic N) is 4. The molecule has 0 radical (unpaired) electrons. The van der Waals surface area contributed by atoms with Crippen LogP contribution in [0.2, 0.25) is 0 Å². The van der Waals surface area contributed by atoms with Gasteiger partial charge in [0.1, 0.15) is 0 Å². The molecule has 0 saturated heterocycles. The van der Waals surface area contributed by atoms with Gasteiger partial charge in [-0.05, 0) is 29.1 Å². The van der Waals surface area contributed by atoms with Crippen molar-refractivity contribution >= 4 is 0 Å². The first-order valence-electron chi connectivity index (χ1n) is 6.40. The number of likely N-dealkylation sites (N-methyl/N-ethyl adjacent to an activating group) is 1. The van der Waals surface area contributed by atoms with Crippen LogP contribution in [-0.2, 0) is 11.2 Å². The van der Waals surface area contributed by atoms with E-state index in [-0.39, 0.29) is 6.04 Å². The molecule has 1 N–H and O–H groups in total. The minimum absolute atomic E-state index is 0.212. The Morgan fingerprint density at radius 1 is 1.32 bits per heavy atom. The minimum Gasteiger partial charge on any atom is -0.383 e. The van der Waals surface area contributed by atoms with Gasteiger partial charge in [-0.15, -0.1) is 5.10 Å². The molecule has 6 nitrogen and oxygen atoms in total. The summed E-state index contributed by atoms with van der Waals surface area (Å²) in [5, 5.41) is 15.3. The number of ether oxygens (including phenoxy) is 1. The molecule has 0 amide bonds. The second-order valence-electron chi connectivity index (χ2n) is 4.26. The van der Waals surface area contributed by atoms with Crippen LogP contribution in [0.3, 0.4) is 0 Å². The zero-order valence-electron chi connectivity index (χ0n) is 11.3. The van der Waals surface area contributed by atoms with Crippen LogP contribution < -0.4 is 5.32 Å². The molecule has 0 aliphatic heterocycles. The molecule has 0 aliphatic rings. The smallest absolute Gasteiger partial charge is 0.158 e. The predicted molar refractivity (Wildman–Crippen MR) is 72.2 cm³/mol. The summed E-state index contributed by atoms with van der Waals surface area (Å²) in [5.74, 6) is 0.828. The first-order valence-corrected chi connectivity index (χ1v) is 6.40. The van der Waals surface area contributed by atoms with Crippen molar-refractivity contribution in [1.29, 1.82) is 0 Å².